The van der Waals surface area contributed by atoms with Gasteiger partial charge in [-0.2, -0.15) is 10.5 Å². The molecule has 41 heavy (non-hydrogen) atoms. The summed E-state index contributed by atoms with van der Waals surface area (Å²) >= 11 is 0. The summed E-state index contributed by atoms with van der Waals surface area (Å²) in [5.41, 5.74) is 7.42. The van der Waals surface area contributed by atoms with Crippen molar-refractivity contribution in [3.8, 4) is 17.9 Å². The zero-order valence-electron chi connectivity index (χ0n) is 23.3. The van der Waals surface area contributed by atoms with E-state index in [9.17, 15) is 10.5 Å². The molecule has 0 N–H and O–H groups in total. The number of methoxy groups -OCH3 is 1. The summed E-state index contributed by atoms with van der Waals surface area (Å²) in [4.78, 5) is 2.20. The van der Waals surface area contributed by atoms with Crippen molar-refractivity contribution in [2.75, 3.05) is 12.0 Å². The summed E-state index contributed by atoms with van der Waals surface area (Å²) in [6.07, 6.45) is 6.98. The van der Waals surface area contributed by atoms with Crippen LogP contribution in [0.4, 0.5) is 17.1 Å². The Balaban J connectivity index is 1.51. The van der Waals surface area contributed by atoms with E-state index in [1.165, 1.54) is 0 Å². The predicted molar refractivity (Wildman–Crippen MR) is 169 cm³/mol. The van der Waals surface area contributed by atoms with E-state index >= 15 is 0 Å². The molecule has 200 valence electrons. The lowest BCUT2D eigenvalue weighted by Crippen LogP contribution is -2.09. The van der Waals surface area contributed by atoms with E-state index in [-0.39, 0.29) is 0 Å². The highest BCUT2D eigenvalue weighted by Gasteiger charge is 2.14. The number of aryl methyl sites for hydroxylation is 1. The Morgan fingerprint density at radius 2 is 1.29 bits per heavy atom. The lowest BCUT2D eigenvalue weighted by atomic mass is 9.91. The number of rotatable bonds is 9. The van der Waals surface area contributed by atoms with Gasteiger partial charge in [0, 0.05) is 22.6 Å². The van der Waals surface area contributed by atoms with E-state index in [0.29, 0.717) is 11.1 Å². The van der Waals surface area contributed by atoms with Gasteiger partial charge in [0.15, 0.2) is 0 Å². The maximum Gasteiger partial charge on any atom is 0.119 e. The molecule has 4 nitrogen and oxygen atoms in total. The van der Waals surface area contributed by atoms with Gasteiger partial charge in [0.25, 0.3) is 0 Å². The van der Waals surface area contributed by atoms with Gasteiger partial charge in [-0.1, -0.05) is 68.0 Å². The Morgan fingerprint density at radius 3 is 1.93 bits per heavy atom. The van der Waals surface area contributed by atoms with Crippen LogP contribution in [-0.2, 0) is 6.42 Å². The molecular formula is C37H31N3O. The van der Waals surface area contributed by atoms with Crippen LogP contribution in [0.5, 0.6) is 5.75 Å². The molecule has 0 heterocycles. The molecule has 5 aromatic rings. The minimum atomic E-state index is 0.617. The lowest BCUT2D eigenvalue weighted by Gasteiger charge is -2.25. The SMILES string of the molecule is CCCCc1c(C#N)ccc2c(C=Cc3ccc(N(c4ccccc4)c4ccc(OC)cc4)cc3)c(C#N)ccc12. The standard InChI is InChI=1S/C37H31N3O/c1-3-4-10-34-28(25-38)14-24-37-35(29(26-39)15-23-36(34)37)22-13-27-11-16-31(17-12-27)40(30-8-6-5-7-9-30)32-18-20-33(41-2)21-19-32/h5-9,11-24H,3-4,10H2,1-2H3. The van der Waals surface area contributed by atoms with Crippen molar-refractivity contribution in [3.63, 3.8) is 0 Å². The molecule has 0 aromatic heterocycles. The molecule has 0 aliphatic rings. The largest absolute Gasteiger partial charge is 0.497 e. The summed E-state index contributed by atoms with van der Waals surface area (Å²) in [7, 11) is 1.67. The van der Waals surface area contributed by atoms with E-state index in [2.05, 4.69) is 72.5 Å². The summed E-state index contributed by atoms with van der Waals surface area (Å²) in [5, 5.41) is 21.6. The first-order chi connectivity index (χ1) is 20.2. The van der Waals surface area contributed by atoms with Crippen LogP contribution in [0.15, 0.2) is 103 Å². The van der Waals surface area contributed by atoms with Gasteiger partial charge in [-0.3, -0.25) is 0 Å². The normalized spacial score (nSPS) is 10.8. The molecule has 0 aliphatic carbocycles. The van der Waals surface area contributed by atoms with Crippen molar-refractivity contribution in [2.24, 2.45) is 0 Å². The third kappa shape index (κ3) is 5.83. The Bertz CT molecular complexity index is 1760. The van der Waals surface area contributed by atoms with Crippen LogP contribution in [0.2, 0.25) is 0 Å². The highest BCUT2D eigenvalue weighted by molar-refractivity contribution is 5.98. The minimum Gasteiger partial charge on any atom is -0.497 e. The van der Waals surface area contributed by atoms with E-state index in [1.54, 1.807) is 7.11 Å². The number of ether oxygens (including phenoxy) is 1. The molecule has 0 amide bonds. The first-order valence-electron chi connectivity index (χ1n) is 13.8. The molecule has 0 atom stereocenters. The highest BCUT2D eigenvalue weighted by atomic mass is 16.5. The zero-order valence-corrected chi connectivity index (χ0v) is 23.3. The van der Waals surface area contributed by atoms with E-state index in [4.69, 9.17) is 4.74 Å². The average Bonchev–Trinajstić information content (AvgIpc) is 3.03. The molecule has 0 fully saturated rings. The molecule has 0 bridgehead atoms. The number of hydrogen-bond donors (Lipinski definition) is 0. The average molecular weight is 534 g/mol. The number of nitriles is 2. The molecule has 5 rings (SSSR count). The summed E-state index contributed by atoms with van der Waals surface area (Å²) in [5.74, 6) is 0.814. The van der Waals surface area contributed by atoms with Crippen molar-refractivity contribution in [3.05, 3.63) is 131 Å². The van der Waals surface area contributed by atoms with Crippen LogP contribution in [0, 0.1) is 22.7 Å². The summed E-state index contributed by atoms with van der Waals surface area (Å²) < 4.78 is 5.36. The number of para-hydroxylation sites is 1. The second-order valence-electron chi connectivity index (χ2n) is 9.83. The summed E-state index contributed by atoms with van der Waals surface area (Å²) in [6.45, 7) is 2.15. The van der Waals surface area contributed by atoms with Crippen LogP contribution >= 0.6 is 0 Å². The van der Waals surface area contributed by atoms with Crippen molar-refractivity contribution in [1.82, 2.24) is 0 Å². The third-order valence-corrected chi connectivity index (χ3v) is 7.31. The Labute approximate surface area is 242 Å². The molecular weight excluding hydrogens is 502 g/mol. The molecule has 0 saturated heterocycles. The van der Waals surface area contributed by atoms with Gasteiger partial charge in [-0.05, 0) is 95.4 Å². The van der Waals surface area contributed by atoms with Gasteiger partial charge in [0.1, 0.15) is 5.75 Å². The van der Waals surface area contributed by atoms with Gasteiger partial charge < -0.3 is 9.64 Å². The fourth-order valence-corrected chi connectivity index (χ4v) is 5.17. The first kappa shape index (κ1) is 27.3. The third-order valence-electron chi connectivity index (χ3n) is 7.31. The zero-order chi connectivity index (χ0) is 28.6. The van der Waals surface area contributed by atoms with Crippen LogP contribution < -0.4 is 9.64 Å². The smallest absolute Gasteiger partial charge is 0.119 e. The van der Waals surface area contributed by atoms with Crippen molar-refractivity contribution < 1.29 is 4.74 Å². The van der Waals surface area contributed by atoms with Gasteiger partial charge in [0.2, 0.25) is 0 Å². The molecule has 4 heteroatoms. The van der Waals surface area contributed by atoms with Crippen molar-refractivity contribution >= 4 is 40.0 Å². The fraction of sp³-hybridized carbons (Fsp3) is 0.135. The Morgan fingerprint density at radius 1 is 0.683 bits per heavy atom. The van der Waals surface area contributed by atoms with Crippen LogP contribution in [-0.4, -0.2) is 7.11 Å². The molecule has 0 unspecified atom stereocenters. The van der Waals surface area contributed by atoms with Gasteiger partial charge in [0.05, 0.1) is 30.4 Å². The monoisotopic (exact) mass is 533 g/mol. The van der Waals surface area contributed by atoms with Crippen LogP contribution in [0.1, 0.15) is 47.6 Å². The number of nitrogens with zero attached hydrogens (tertiary/aromatic N) is 3. The molecule has 0 aliphatic heterocycles. The highest BCUT2D eigenvalue weighted by Crippen LogP contribution is 2.36. The van der Waals surface area contributed by atoms with Gasteiger partial charge in [-0.25, -0.2) is 0 Å². The first-order valence-corrected chi connectivity index (χ1v) is 13.8. The lowest BCUT2D eigenvalue weighted by molar-refractivity contribution is 0.415. The fourth-order valence-electron chi connectivity index (χ4n) is 5.17. The number of fused-ring (bicyclic) bond motifs is 1. The molecule has 5 aromatic carbocycles. The van der Waals surface area contributed by atoms with Crippen molar-refractivity contribution in [2.45, 2.75) is 26.2 Å². The second-order valence-corrected chi connectivity index (χ2v) is 9.83. The van der Waals surface area contributed by atoms with E-state index < -0.39 is 0 Å². The minimum absolute atomic E-state index is 0.617. The number of unbranched alkanes of at least 4 members (excludes halogenated alkanes) is 1. The van der Waals surface area contributed by atoms with Gasteiger partial charge in [-0.15, -0.1) is 0 Å². The van der Waals surface area contributed by atoms with Crippen LogP contribution in [0.25, 0.3) is 22.9 Å². The molecule has 0 spiro atoms. The predicted octanol–water partition coefficient (Wildman–Crippen LogP) is 9.57. The Hall–Kier alpha value is -5.32. The molecule has 0 radical (unpaired) electrons. The molecule has 0 saturated carbocycles. The van der Waals surface area contributed by atoms with E-state index in [0.717, 1.165) is 69.5 Å². The topological polar surface area (TPSA) is 60.1 Å². The second kappa shape index (κ2) is 12.7. The number of anilines is 3. The maximum absolute atomic E-state index is 9.88. The Kier molecular flexibility index (Phi) is 8.43. The van der Waals surface area contributed by atoms with Crippen molar-refractivity contribution in [1.29, 1.82) is 10.5 Å². The van der Waals surface area contributed by atoms with Gasteiger partial charge >= 0.3 is 0 Å². The maximum atomic E-state index is 9.88. The number of benzene rings is 5. The summed E-state index contributed by atoms with van der Waals surface area (Å²) in [6, 6.07) is 39.1. The van der Waals surface area contributed by atoms with Crippen LogP contribution in [0.3, 0.4) is 0 Å². The quantitative estimate of drug-likeness (QED) is 0.177. The number of hydrogen-bond acceptors (Lipinski definition) is 4. The van der Waals surface area contributed by atoms with E-state index in [1.807, 2.05) is 66.7 Å².